The first-order chi connectivity index (χ1) is 13.0. The van der Waals surface area contributed by atoms with Gasteiger partial charge in [0.25, 0.3) is 5.91 Å². The van der Waals surface area contributed by atoms with Crippen LogP contribution in [0.25, 0.3) is 0 Å². The maximum atomic E-state index is 12.3. The molecule has 0 unspecified atom stereocenters. The lowest BCUT2D eigenvalue weighted by atomic mass is 10.1. The van der Waals surface area contributed by atoms with Gasteiger partial charge in [-0.05, 0) is 48.9 Å². The highest BCUT2D eigenvalue weighted by Crippen LogP contribution is 2.28. The van der Waals surface area contributed by atoms with E-state index in [4.69, 9.17) is 16.3 Å². The molecular formula is C20H19BrClN3O2. The number of carbonyl (C=O) groups excluding carboxylic acids is 1. The number of rotatable bonds is 7. The summed E-state index contributed by atoms with van der Waals surface area (Å²) in [5, 5.41) is 7.77. The maximum Gasteiger partial charge on any atom is 0.251 e. The minimum absolute atomic E-state index is 0.135. The van der Waals surface area contributed by atoms with Crippen LogP contribution in [0.5, 0.6) is 5.75 Å². The van der Waals surface area contributed by atoms with Crippen molar-refractivity contribution >= 4 is 33.4 Å². The van der Waals surface area contributed by atoms with E-state index >= 15 is 0 Å². The number of hydrogen-bond acceptors (Lipinski definition) is 3. The Morgan fingerprint density at radius 2 is 2.00 bits per heavy atom. The van der Waals surface area contributed by atoms with Crippen molar-refractivity contribution < 1.29 is 9.53 Å². The summed E-state index contributed by atoms with van der Waals surface area (Å²) in [7, 11) is 0. The third-order valence-electron chi connectivity index (χ3n) is 3.95. The van der Waals surface area contributed by atoms with Crippen LogP contribution in [0.4, 0.5) is 0 Å². The van der Waals surface area contributed by atoms with E-state index in [0.717, 1.165) is 22.3 Å². The molecule has 0 bridgehead atoms. The van der Waals surface area contributed by atoms with Crippen LogP contribution in [0.2, 0.25) is 5.02 Å². The SMILES string of the molecule is CCn1ccc(CNC(=O)c2ccc(COc3ccc(Br)cc3Cl)cc2)n1. The Balaban J connectivity index is 1.53. The Kier molecular flexibility index (Phi) is 6.53. The maximum absolute atomic E-state index is 12.3. The Hall–Kier alpha value is -2.31. The molecule has 0 radical (unpaired) electrons. The summed E-state index contributed by atoms with van der Waals surface area (Å²) >= 11 is 9.51. The molecule has 0 aliphatic carbocycles. The average Bonchev–Trinajstić information content (AvgIpc) is 3.14. The minimum Gasteiger partial charge on any atom is -0.487 e. The summed E-state index contributed by atoms with van der Waals surface area (Å²) in [6.45, 7) is 3.60. The Labute approximate surface area is 171 Å². The van der Waals surface area contributed by atoms with Crippen molar-refractivity contribution in [2.75, 3.05) is 0 Å². The number of halogens is 2. The fourth-order valence-corrected chi connectivity index (χ4v) is 3.18. The molecule has 140 valence electrons. The summed E-state index contributed by atoms with van der Waals surface area (Å²) in [5.41, 5.74) is 2.38. The van der Waals surface area contributed by atoms with Crippen molar-refractivity contribution in [1.82, 2.24) is 15.1 Å². The second-order valence-corrected chi connectivity index (χ2v) is 7.23. The van der Waals surface area contributed by atoms with Crippen LogP contribution >= 0.6 is 27.5 Å². The van der Waals surface area contributed by atoms with Gasteiger partial charge in [-0.15, -0.1) is 0 Å². The van der Waals surface area contributed by atoms with Gasteiger partial charge in [0.15, 0.2) is 0 Å². The van der Waals surface area contributed by atoms with Crippen molar-refractivity contribution in [2.24, 2.45) is 0 Å². The van der Waals surface area contributed by atoms with Crippen LogP contribution in [0.15, 0.2) is 59.2 Å². The van der Waals surface area contributed by atoms with Crippen LogP contribution in [0.3, 0.4) is 0 Å². The van der Waals surface area contributed by atoms with Gasteiger partial charge in [0.1, 0.15) is 12.4 Å². The second kappa shape index (κ2) is 9.06. The fourth-order valence-electron chi connectivity index (χ4n) is 2.45. The molecule has 1 aromatic heterocycles. The zero-order chi connectivity index (χ0) is 19.2. The molecule has 0 spiro atoms. The van der Waals surface area contributed by atoms with Crippen LogP contribution < -0.4 is 10.1 Å². The molecule has 0 aliphatic heterocycles. The molecule has 0 saturated heterocycles. The monoisotopic (exact) mass is 447 g/mol. The number of nitrogens with zero attached hydrogens (tertiary/aromatic N) is 2. The van der Waals surface area contributed by atoms with E-state index in [-0.39, 0.29) is 5.91 Å². The molecule has 1 N–H and O–H groups in total. The van der Waals surface area contributed by atoms with Gasteiger partial charge >= 0.3 is 0 Å². The summed E-state index contributed by atoms with van der Waals surface area (Å²) in [5.74, 6) is 0.484. The average molecular weight is 449 g/mol. The van der Waals surface area contributed by atoms with Gasteiger partial charge in [0.05, 0.1) is 17.3 Å². The number of amides is 1. The van der Waals surface area contributed by atoms with Crippen LogP contribution in [0, 0.1) is 0 Å². The molecule has 3 aromatic rings. The van der Waals surface area contributed by atoms with Crippen LogP contribution in [-0.2, 0) is 19.7 Å². The first kappa shape index (κ1) is 19.5. The molecule has 5 nitrogen and oxygen atoms in total. The Morgan fingerprint density at radius 3 is 2.67 bits per heavy atom. The quantitative estimate of drug-likeness (QED) is 0.563. The number of benzene rings is 2. The summed E-state index contributed by atoms with van der Waals surface area (Å²) in [6.07, 6.45) is 1.90. The normalized spacial score (nSPS) is 10.6. The van der Waals surface area contributed by atoms with Gasteiger partial charge in [0, 0.05) is 22.8 Å². The third kappa shape index (κ3) is 5.34. The lowest BCUT2D eigenvalue weighted by Crippen LogP contribution is -2.23. The number of hydrogen-bond donors (Lipinski definition) is 1. The van der Waals surface area contributed by atoms with Gasteiger partial charge in [-0.3, -0.25) is 9.48 Å². The molecule has 27 heavy (non-hydrogen) atoms. The van der Waals surface area contributed by atoms with Crippen LogP contribution in [-0.4, -0.2) is 15.7 Å². The number of aromatic nitrogens is 2. The van der Waals surface area contributed by atoms with Gasteiger partial charge in [-0.25, -0.2) is 0 Å². The third-order valence-corrected chi connectivity index (χ3v) is 4.74. The number of aryl methyl sites for hydroxylation is 1. The summed E-state index contributed by atoms with van der Waals surface area (Å²) in [6, 6.07) is 14.7. The van der Waals surface area contributed by atoms with E-state index in [2.05, 4.69) is 26.3 Å². The van der Waals surface area contributed by atoms with E-state index in [1.165, 1.54) is 0 Å². The second-order valence-electron chi connectivity index (χ2n) is 5.91. The standard InChI is InChI=1S/C20H19BrClN3O2/c1-2-25-10-9-17(24-25)12-23-20(26)15-5-3-14(4-6-15)13-27-19-8-7-16(21)11-18(19)22/h3-11H,2,12-13H2,1H3,(H,23,26). The van der Waals surface area contributed by atoms with Crippen LogP contribution in [0.1, 0.15) is 28.5 Å². The Morgan fingerprint density at radius 1 is 1.22 bits per heavy atom. The van der Waals surface area contributed by atoms with E-state index < -0.39 is 0 Å². The van der Waals surface area contributed by atoms with Crippen molar-refractivity contribution in [1.29, 1.82) is 0 Å². The molecule has 2 aromatic carbocycles. The number of nitrogens with one attached hydrogen (secondary N) is 1. The van der Waals surface area contributed by atoms with Gasteiger partial charge in [-0.2, -0.15) is 5.10 Å². The number of carbonyl (C=O) groups is 1. The van der Waals surface area contributed by atoms with Gasteiger partial charge in [0.2, 0.25) is 0 Å². The van der Waals surface area contributed by atoms with Crippen molar-refractivity contribution in [3.05, 3.63) is 81.0 Å². The largest absolute Gasteiger partial charge is 0.487 e. The molecule has 1 heterocycles. The predicted molar refractivity (Wildman–Crippen MR) is 109 cm³/mol. The molecule has 0 aliphatic rings. The van der Waals surface area contributed by atoms with E-state index in [1.54, 1.807) is 18.2 Å². The molecule has 0 saturated carbocycles. The molecule has 0 fully saturated rings. The molecule has 1 amide bonds. The highest BCUT2D eigenvalue weighted by molar-refractivity contribution is 9.10. The van der Waals surface area contributed by atoms with E-state index in [1.807, 2.05) is 48.1 Å². The molecule has 3 rings (SSSR count). The lowest BCUT2D eigenvalue weighted by molar-refractivity contribution is 0.0950. The highest BCUT2D eigenvalue weighted by atomic mass is 79.9. The Bertz CT molecular complexity index is 925. The van der Waals surface area contributed by atoms with Crippen molar-refractivity contribution in [2.45, 2.75) is 26.6 Å². The summed E-state index contributed by atoms with van der Waals surface area (Å²) in [4.78, 5) is 12.3. The predicted octanol–water partition coefficient (Wildman–Crippen LogP) is 4.83. The molecule has 0 atom stereocenters. The first-order valence-corrected chi connectivity index (χ1v) is 9.69. The van der Waals surface area contributed by atoms with Crippen molar-refractivity contribution in [3.8, 4) is 5.75 Å². The van der Waals surface area contributed by atoms with E-state index in [0.29, 0.717) is 29.5 Å². The van der Waals surface area contributed by atoms with Crippen molar-refractivity contribution in [3.63, 3.8) is 0 Å². The highest BCUT2D eigenvalue weighted by Gasteiger charge is 2.07. The van der Waals surface area contributed by atoms with E-state index in [9.17, 15) is 4.79 Å². The van der Waals surface area contributed by atoms with Gasteiger partial charge < -0.3 is 10.1 Å². The first-order valence-electron chi connectivity index (χ1n) is 8.52. The number of ether oxygens (including phenoxy) is 1. The zero-order valence-corrected chi connectivity index (χ0v) is 17.1. The molecular weight excluding hydrogens is 430 g/mol. The lowest BCUT2D eigenvalue weighted by Gasteiger charge is -2.09. The van der Waals surface area contributed by atoms with Gasteiger partial charge in [-0.1, -0.05) is 39.7 Å². The summed E-state index contributed by atoms with van der Waals surface area (Å²) < 4.78 is 8.46. The topological polar surface area (TPSA) is 56.2 Å². The zero-order valence-electron chi connectivity index (χ0n) is 14.8. The molecule has 7 heteroatoms. The minimum atomic E-state index is -0.135. The fraction of sp³-hybridized carbons (Fsp3) is 0.200. The smallest absolute Gasteiger partial charge is 0.251 e.